The lowest BCUT2D eigenvalue weighted by Crippen LogP contribution is -2.30. The van der Waals surface area contributed by atoms with Crippen molar-refractivity contribution in [2.24, 2.45) is 10.8 Å². The highest BCUT2D eigenvalue weighted by Crippen LogP contribution is 2.47. The Hall–Kier alpha value is -2.53. The number of nitrogens with one attached hydrogen (secondary N) is 1. The normalized spacial score (nSPS) is 12.4. The van der Waals surface area contributed by atoms with E-state index < -0.39 is 12.4 Å². The van der Waals surface area contributed by atoms with E-state index >= 15 is 0 Å². The molecule has 2 rings (SSSR count). The number of anilines is 1. The van der Waals surface area contributed by atoms with Crippen molar-refractivity contribution >= 4 is 11.8 Å². The third-order valence-electron chi connectivity index (χ3n) is 4.94. The van der Waals surface area contributed by atoms with Crippen LogP contribution in [-0.4, -0.2) is 25.6 Å². The lowest BCUT2D eigenvalue weighted by Gasteiger charge is -2.41. The molecule has 1 unspecified atom stereocenters. The molecule has 1 amide bonds. The molecule has 0 aliphatic carbocycles. The maximum absolute atomic E-state index is 11.8. The highest BCUT2D eigenvalue weighted by Gasteiger charge is 2.35. The Labute approximate surface area is 200 Å². The highest BCUT2D eigenvalue weighted by atomic mass is 16.7. The smallest absolute Gasteiger partial charge is 0.411 e. The fourth-order valence-corrected chi connectivity index (χ4v) is 4.29. The summed E-state index contributed by atoms with van der Waals surface area (Å²) in [6.45, 7) is 19.9. The van der Waals surface area contributed by atoms with E-state index in [2.05, 4.69) is 59.0 Å². The van der Waals surface area contributed by atoms with Gasteiger partial charge in [0.25, 0.3) is 0 Å². The molecule has 0 bridgehead atoms. The van der Waals surface area contributed by atoms with Crippen LogP contribution < -0.4 is 10.1 Å². The quantitative estimate of drug-likeness (QED) is 0.323. The monoisotopic (exact) mass is 457 g/mol. The van der Waals surface area contributed by atoms with Gasteiger partial charge in [-0.1, -0.05) is 85.7 Å². The van der Waals surface area contributed by atoms with Crippen LogP contribution in [0.4, 0.5) is 10.5 Å². The number of benzene rings is 2. The summed E-state index contributed by atoms with van der Waals surface area (Å²) in [5.74, 6) is 1.17. The summed E-state index contributed by atoms with van der Waals surface area (Å²) >= 11 is 0. The Kier molecular flexibility index (Phi) is 11.4. The van der Waals surface area contributed by atoms with Gasteiger partial charge in [-0.05, 0) is 53.5 Å². The number of para-hydroxylation sites is 1. The van der Waals surface area contributed by atoms with Gasteiger partial charge in [0.15, 0.2) is 6.29 Å². The fraction of sp³-hybridized carbons (Fsp3) is 0.536. The minimum absolute atomic E-state index is 0.143. The van der Waals surface area contributed by atoms with Crippen molar-refractivity contribution in [3.63, 3.8) is 0 Å². The average Bonchev–Trinajstić information content (AvgIpc) is 2.73. The number of amides is 1. The Bertz CT molecular complexity index is 791. The number of rotatable bonds is 8. The molecule has 2 aromatic rings. The van der Waals surface area contributed by atoms with Crippen molar-refractivity contribution in [3.8, 4) is 5.75 Å². The first kappa shape index (κ1) is 28.5. The zero-order chi connectivity index (χ0) is 25.1. The molecule has 5 heteroatoms. The first-order valence-corrected chi connectivity index (χ1v) is 11.8. The molecule has 0 heterocycles. The van der Waals surface area contributed by atoms with E-state index in [9.17, 15) is 4.79 Å². The van der Waals surface area contributed by atoms with Gasteiger partial charge in [-0.2, -0.15) is 0 Å². The third-order valence-corrected chi connectivity index (χ3v) is 4.94. The molecule has 0 spiro atoms. The number of hydrogen-bond donors (Lipinski definition) is 1. The summed E-state index contributed by atoms with van der Waals surface area (Å²) in [6.07, 6.45) is -0.959. The third kappa shape index (κ3) is 10.3. The Morgan fingerprint density at radius 1 is 0.848 bits per heavy atom. The van der Waals surface area contributed by atoms with E-state index in [1.54, 1.807) is 12.1 Å². The number of ether oxygens (including phenoxy) is 3. The van der Waals surface area contributed by atoms with Gasteiger partial charge in [0.1, 0.15) is 12.4 Å². The Balaban J connectivity index is 0.00000265. The lowest BCUT2D eigenvalue weighted by molar-refractivity contribution is -0.0765. The van der Waals surface area contributed by atoms with Crippen molar-refractivity contribution in [1.82, 2.24) is 0 Å². The van der Waals surface area contributed by atoms with Crippen LogP contribution in [0.3, 0.4) is 0 Å². The topological polar surface area (TPSA) is 56.8 Å². The molecule has 33 heavy (non-hydrogen) atoms. The van der Waals surface area contributed by atoms with Gasteiger partial charge in [0.2, 0.25) is 0 Å². The summed E-state index contributed by atoms with van der Waals surface area (Å²) < 4.78 is 16.6. The molecule has 184 valence electrons. The number of hydrogen-bond acceptors (Lipinski definition) is 4. The molecule has 0 saturated carbocycles. The van der Waals surface area contributed by atoms with E-state index in [0.717, 1.165) is 5.75 Å². The number of carbonyl (C=O) groups excluding carboxylic acids is 1. The first-order chi connectivity index (χ1) is 15.5. The van der Waals surface area contributed by atoms with Crippen LogP contribution in [0.1, 0.15) is 73.8 Å². The van der Waals surface area contributed by atoms with Crippen LogP contribution in [0.15, 0.2) is 54.6 Å². The van der Waals surface area contributed by atoms with E-state index in [0.29, 0.717) is 11.6 Å². The highest BCUT2D eigenvalue weighted by molar-refractivity contribution is 5.84. The predicted octanol–water partition coefficient (Wildman–Crippen LogP) is 7.88. The van der Waals surface area contributed by atoms with E-state index in [4.69, 9.17) is 14.2 Å². The van der Waals surface area contributed by atoms with Gasteiger partial charge in [0.05, 0.1) is 6.61 Å². The predicted molar refractivity (Wildman–Crippen MR) is 137 cm³/mol. The van der Waals surface area contributed by atoms with Crippen LogP contribution >= 0.6 is 0 Å². The first-order valence-electron chi connectivity index (χ1n) is 11.8. The molecule has 0 saturated heterocycles. The molecule has 2 aromatic carbocycles. The molecule has 0 aromatic heterocycles. The molecule has 0 radical (unpaired) electrons. The SMILES string of the molecule is CC.CC(OCCOC(=O)Nc1ccccc1)Oc1ccc(C(C(C)(C)C)C(C)(C)C)cc1. The minimum Gasteiger partial charge on any atom is -0.465 e. The van der Waals surface area contributed by atoms with Gasteiger partial charge < -0.3 is 14.2 Å². The second kappa shape index (κ2) is 13.2. The molecule has 0 aliphatic rings. The summed E-state index contributed by atoms with van der Waals surface area (Å²) in [5.41, 5.74) is 2.31. The van der Waals surface area contributed by atoms with Crippen LogP contribution in [-0.2, 0) is 9.47 Å². The largest absolute Gasteiger partial charge is 0.465 e. The lowest BCUT2D eigenvalue weighted by atomic mass is 9.64. The number of carbonyl (C=O) groups is 1. The van der Waals surface area contributed by atoms with Gasteiger partial charge in [-0.25, -0.2) is 4.79 Å². The zero-order valence-corrected chi connectivity index (χ0v) is 21.9. The van der Waals surface area contributed by atoms with Crippen molar-refractivity contribution < 1.29 is 19.0 Å². The van der Waals surface area contributed by atoms with Crippen LogP contribution in [0.5, 0.6) is 5.75 Å². The Morgan fingerprint density at radius 2 is 1.39 bits per heavy atom. The van der Waals surface area contributed by atoms with Crippen molar-refractivity contribution in [2.45, 2.75) is 74.5 Å². The van der Waals surface area contributed by atoms with Gasteiger partial charge in [-0.3, -0.25) is 5.32 Å². The summed E-state index contributed by atoms with van der Waals surface area (Å²) in [4.78, 5) is 11.8. The summed E-state index contributed by atoms with van der Waals surface area (Å²) in [5, 5.41) is 2.66. The van der Waals surface area contributed by atoms with Gasteiger partial charge in [0, 0.05) is 5.69 Å². The van der Waals surface area contributed by atoms with Gasteiger partial charge in [-0.15, -0.1) is 0 Å². The summed E-state index contributed by atoms with van der Waals surface area (Å²) in [6, 6.07) is 17.4. The van der Waals surface area contributed by atoms with Crippen LogP contribution in [0.2, 0.25) is 0 Å². The maximum Gasteiger partial charge on any atom is 0.411 e. The van der Waals surface area contributed by atoms with Crippen LogP contribution in [0.25, 0.3) is 0 Å². The molecule has 0 fully saturated rings. The molecule has 1 N–H and O–H groups in total. The molecular formula is C28H43NO4. The fourth-order valence-electron chi connectivity index (χ4n) is 4.29. The summed E-state index contributed by atoms with van der Waals surface area (Å²) in [7, 11) is 0. The molecule has 5 nitrogen and oxygen atoms in total. The van der Waals surface area contributed by atoms with Crippen molar-refractivity contribution in [3.05, 3.63) is 60.2 Å². The standard InChI is InChI=1S/C26H37NO4.C2H6/c1-19(29-17-18-30-24(28)27-21-11-9-8-10-12-21)31-22-15-13-20(14-16-22)23(25(2,3)4)26(5,6)7;1-2/h8-16,19,23H,17-18H2,1-7H3,(H,27,28);1-2H3. The average molecular weight is 458 g/mol. The van der Waals surface area contributed by atoms with Crippen molar-refractivity contribution in [2.75, 3.05) is 18.5 Å². The molecule has 0 aliphatic heterocycles. The zero-order valence-electron chi connectivity index (χ0n) is 21.9. The van der Waals surface area contributed by atoms with E-state index in [-0.39, 0.29) is 24.0 Å². The molecular weight excluding hydrogens is 414 g/mol. The van der Waals surface area contributed by atoms with Gasteiger partial charge >= 0.3 is 6.09 Å². The minimum atomic E-state index is -0.508. The van der Waals surface area contributed by atoms with E-state index in [1.807, 2.05) is 51.1 Å². The van der Waals surface area contributed by atoms with Crippen LogP contribution in [0, 0.1) is 10.8 Å². The van der Waals surface area contributed by atoms with E-state index in [1.165, 1.54) is 5.56 Å². The second-order valence-electron chi connectivity index (χ2n) is 9.92. The second-order valence-corrected chi connectivity index (χ2v) is 9.92. The van der Waals surface area contributed by atoms with Crippen molar-refractivity contribution in [1.29, 1.82) is 0 Å². The molecule has 1 atom stereocenters. The maximum atomic E-state index is 11.8. The Morgan fingerprint density at radius 3 is 1.91 bits per heavy atom.